The molecule has 1 unspecified atom stereocenters. The number of hydrogen-bond acceptors (Lipinski definition) is 9. The zero-order valence-corrected chi connectivity index (χ0v) is 39.3. The number of nitrogens with one attached hydrogen (secondary N) is 1. The molecule has 0 saturated carbocycles. The number of nitrogens with zero attached hydrogens (tertiary/aromatic N) is 2. The molecule has 1 rings (SSSR count). The molecule has 0 aromatic carbocycles. The van der Waals surface area contributed by atoms with Crippen LogP contribution in [0.4, 0.5) is 4.79 Å². The van der Waals surface area contributed by atoms with Crippen LogP contribution in [0.3, 0.4) is 0 Å². The van der Waals surface area contributed by atoms with Crippen LogP contribution in [-0.4, -0.2) is 73.5 Å². The number of alkyl carbamates (subject to hydrolysis) is 1. The van der Waals surface area contributed by atoms with Crippen molar-refractivity contribution in [3.63, 3.8) is 0 Å². The Morgan fingerprint density at radius 3 is 1.72 bits per heavy atom. The van der Waals surface area contributed by atoms with Gasteiger partial charge in [0.1, 0.15) is 25.6 Å². The van der Waals surface area contributed by atoms with Crippen LogP contribution in [0.15, 0.2) is 36.7 Å². The SMILES string of the molecule is CCCCC/C=C\C/C=C\CCCCCCCC(=O)OCC(COC(=O)CCC(OCCCCCCCC)OCCCCCCCC)COC(=O)NCCCn1ccnc1C. The summed E-state index contributed by atoms with van der Waals surface area (Å²) in [4.78, 5) is 42.4. The molecule has 1 amide bonds. The number of hydrogen-bond donors (Lipinski definition) is 1. The molecule has 0 saturated heterocycles. The van der Waals surface area contributed by atoms with E-state index in [1.807, 2.05) is 17.7 Å². The van der Waals surface area contributed by atoms with Gasteiger partial charge in [0.25, 0.3) is 0 Å². The van der Waals surface area contributed by atoms with E-state index < -0.39 is 24.3 Å². The molecule has 0 bridgehead atoms. The molecule has 1 aromatic heterocycles. The maximum atomic E-state index is 13.0. The summed E-state index contributed by atoms with van der Waals surface area (Å²) < 4.78 is 31.0. The molecule has 61 heavy (non-hydrogen) atoms. The summed E-state index contributed by atoms with van der Waals surface area (Å²) in [7, 11) is 0. The summed E-state index contributed by atoms with van der Waals surface area (Å²) in [5, 5.41) is 2.78. The fraction of sp³-hybridized carbons (Fsp3) is 0.800. The molecule has 1 heterocycles. The van der Waals surface area contributed by atoms with E-state index in [4.69, 9.17) is 23.7 Å². The van der Waals surface area contributed by atoms with Crippen LogP contribution >= 0.6 is 0 Å². The van der Waals surface area contributed by atoms with E-state index >= 15 is 0 Å². The van der Waals surface area contributed by atoms with E-state index in [1.54, 1.807) is 6.20 Å². The van der Waals surface area contributed by atoms with Gasteiger partial charge < -0.3 is 33.6 Å². The Kier molecular flexibility index (Phi) is 38.6. The van der Waals surface area contributed by atoms with Crippen LogP contribution in [-0.2, 0) is 39.8 Å². The first-order valence-corrected chi connectivity index (χ1v) is 24.6. The molecule has 0 aliphatic heterocycles. The maximum Gasteiger partial charge on any atom is 0.407 e. The number of imidazole rings is 1. The average molecular weight is 860 g/mol. The van der Waals surface area contributed by atoms with Crippen molar-refractivity contribution in [3.05, 3.63) is 42.5 Å². The van der Waals surface area contributed by atoms with Gasteiger partial charge >= 0.3 is 18.0 Å². The predicted molar refractivity (Wildman–Crippen MR) is 247 cm³/mol. The highest BCUT2D eigenvalue weighted by atomic mass is 16.7. The van der Waals surface area contributed by atoms with Gasteiger partial charge in [-0.05, 0) is 64.7 Å². The third kappa shape index (κ3) is 36.1. The Morgan fingerprint density at radius 1 is 0.623 bits per heavy atom. The first-order valence-electron chi connectivity index (χ1n) is 24.6. The zero-order chi connectivity index (χ0) is 44.3. The second-order valence-electron chi connectivity index (χ2n) is 16.5. The van der Waals surface area contributed by atoms with Gasteiger partial charge in [0.15, 0.2) is 6.29 Å². The van der Waals surface area contributed by atoms with Gasteiger partial charge in [-0.25, -0.2) is 9.78 Å². The quantitative estimate of drug-likeness (QED) is 0.0224. The zero-order valence-electron chi connectivity index (χ0n) is 39.3. The number of allylic oxidation sites excluding steroid dienone is 4. The molecular formula is C50H89N3O8. The largest absolute Gasteiger partial charge is 0.465 e. The average Bonchev–Trinajstić information content (AvgIpc) is 3.68. The molecule has 11 nitrogen and oxygen atoms in total. The molecule has 1 atom stereocenters. The Bertz CT molecular complexity index is 1220. The number of unbranched alkanes of at least 4 members (excludes halogenated alkanes) is 18. The highest BCUT2D eigenvalue weighted by Crippen LogP contribution is 2.14. The van der Waals surface area contributed by atoms with Crippen molar-refractivity contribution in [1.82, 2.24) is 14.9 Å². The van der Waals surface area contributed by atoms with Crippen LogP contribution in [0, 0.1) is 12.8 Å². The molecule has 0 spiro atoms. The van der Waals surface area contributed by atoms with Gasteiger partial charge in [0.05, 0.1) is 12.3 Å². The fourth-order valence-electron chi connectivity index (χ4n) is 6.76. The topological polar surface area (TPSA) is 127 Å². The lowest BCUT2D eigenvalue weighted by atomic mass is 10.1. The van der Waals surface area contributed by atoms with Crippen molar-refractivity contribution in [1.29, 1.82) is 0 Å². The van der Waals surface area contributed by atoms with E-state index in [0.29, 0.717) is 39.0 Å². The number of rotatable bonds is 43. The molecule has 11 heteroatoms. The van der Waals surface area contributed by atoms with Crippen LogP contribution in [0.5, 0.6) is 0 Å². The third-order valence-electron chi connectivity index (χ3n) is 10.7. The van der Waals surface area contributed by atoms with Crippen molar-refractivity contribution in [2.75, 3.05) is 39.6 Å². The molecule has 1 N–H and O–H groups in total. The van der Waals surface area contributed by atoms with Gasteiger partial charge in [-0.1, -0.05) is 141 Å². The lowest BCUT2D eigenvalue weighted by Gasteiger charge is -2.20. The second kappa shape index (κ2) is 42.1. The Balaban J connectivity index is 2.53. The lowest BCUT2D eigenvalue weighted by molar-refractivity contribution is -0.161. The Hall–Kier alpha value is -3.18. The summed E-state index contributed by atoms with van der Waals surface area (Å²) in [6.07, 6.45) is 39.6. The molecular weight excluding hydrogens is 771 g/mol. The van der Waals surface area contributed by atoms with Crippen LogP contribution in [0.25, 0.3) is 0 Å². The van der Waals surface area contributed by atoms with Crippen LogP contribution in [0.1, 0.15) is 200 Å². The lowest BCUT2D eigenvalue weighted by Crippen LogP contribution is -2.31. The van der Waals surface area contributed by atoms with Crippen molar-refractivity contribution < 1.29 is 38.1 Å². The Labute approximate surface area is 371 Å². The number of carbonyl (C=O) groups excluding carboxylic acids is 3. The number of esters is 2. The number of aryl methyl sites for hydroxylation is 2. The van der Waals surface area contributed by atoms with E-state index in [2.05, 4.69) is 55.4 Å². The standard InChI is InChI=1S/C50H89N3O8/c1-5-8-11-14-17-18-19-20-21-22-23-24-25-26-29-33-47(54)59-42-46(44-61-50(56)52-36-32-38-53-39-37-51-45(53)4)43-60-48(55)34-35-49(57-40-30-27-15-12-9-6-2)58-41-31-28-16-13-10-7-3/h17-18,20-21,37,39,46,49H,5-16,19,22-36,38,40-44H2,1-4H3,(H,52,56)/b18-17-,21-20-. The van der Waals surface area contributed by atoms with Gasteiger partial charge in [0, 0.05) is 51.5 Å². The first kappa shape index (κ1) is 55.8. The van der Waals surface area contributed by atoms with Crippen LogP contribution in [0.2, 0.25) is 0 Å². The predicted octanol–water partition coefficient (Wildman–Crippen LogP) is 12.7. The normalized spacial score (nSPS) is 12.1. The summed E-state index contributed by atoms with van der Waals surface area (Å²) in [5.74, 6) is -0.270. The summed E-state index contributed by atoms with van der Waals surface area (Å²) in [6.45, 7) is 10.9. The minimum atomic E-state index is -0.567. The summed E-state index contributed by atoms with van der Waals surface area (Å²) >= 11 is 0. The van der Waals surface area contributed by atoms with E-state index in [9.17, 15) is 14.4 Å². The molecule has 0 radical (unpaired) electrons. The number of carbonyl (C=O) groups is 3. The highest BCUT2D eigenvalue weighted by Gasteiger charge is 2.19. The minimum Gasteiger partial charge on any atom is -0.465 e. The molecule has 0 aliphatic carbocycles. The molecule has 352 valence electrons. The van der Waals surface area contributed by atoms with Crippen molar-refractivity contribution in [2.24, 2.45) is 5.92 Å². The number of aromatic nitrogens is 2. The second-order valence-corrected chi connectivity index (χ2v) is 16.5. The van der Waals surface area contributed by atoms with Gasteiger partial charge in [-0.3, -0.25) is 9.59 Å². The first-order chi connectivity index (χ1) is 29.9. The highest BCUT2D eigenvalue weighted by molar-refractivity contribution is 5.70. The van der Waals surface area contributed by atoms with Gasteiger partial charge in [-0.15, -0.1) is 0 Å². The van der Waals surface area contributed by atoms with Crippen molar-refractivity contribution >= 4 is 18.0 Å². The molecule has 1 aromatic rings. The fourth-order valence-corrected chi connectivity index (χ4v) is 6.76. The third-order valence-corrected chi connectivity index (χ3v) is 10.7. The summed E-state index contributed by atoms with van der Waals surface area (Å²) in [6, 6.07) is 0. The van der Waals surface area contributed by atoms with Gasteiger partial charge in [-0.2, -0.15) is 0 Å². The maximum absolute atomic E-state index is 13.0. The van der Waals surface area contributed by atoms with E-state index in [-0.39, 0.29) is 32.2 Å². The number of amides is 1. The number of ether oxygens (including phenoxy) is 5. The summed E-state index contributed by atoms with van der Waals surface area (Å²) in [5.41, 5.74) is 0. The minimum absolute atomic E-state index is 0.00901. The van der Waals surface area contributed by atoms with Crippen molar-refractivity contribution in [2.45, 2.75) is 214 Å². The van der Waals surface area contributed by atoms with Crippen LogP contribution < -0.4 is 5.32 Å². The van der Waals surface area contributed by atoms with E-state index in [1.165, 1.54) is 77.0 Å². The molecule has 0 fully saturated rings. The van der Waals surface area contributed by atoms with E-state index in [0.717, 1.165) is 83.0 Å². The smallest absolute Gasteiger partial charge is 0.407 e. The van der Waals surface area contributed by atoms with Gasteiger partial charge in [0.2, 0.25) is 0 Å². The molecule has 0 aliphatic rings. The Morgan fingerprint density at radius 2 is 1.13 bits per heavy atom. The van der Waals surface area contributed by atoms with Crippen molar-refractivity contribution in [3.8, 4) is 0 Å². The monoisotopic (exact) mass is 860 g/mol.